The Morgan fingerprint density at radius 1 is 1.55 bits per heavy atom. The maximum Gasteiger partial charge on any atom is 0.547 e. The molecule has 0 fully saturated rings. The van der Waals surface area contributed by atoms with Crippen LogP contribution in [0.3, 0.4) is 0 Å². The minimum Gasteiger partial charge on any atom is -0.534 e. The van der Waals surface area contributed by atoms with Gasteiger partial charge in [-0.05, 0) is 18.4 Å². The molecule has 120 valence electrons. The molecule has 0 radical (unpaired) electrons. The van der Waals surface area contributed by atoms with E-state index in [0.717, 1.165) is 12.0 Å². The van der Waals surface area contributed by atoms with Gasteiger partial charge in [-0.1, -0.05) is 32.0 Å². The third-order valence-electron chi connectivity index (χ3n) is 3.56. The standard InChI is InChI=1S/C15H22BNO5/c1-3-8-21-15(19)11-7-5-6-10-9-12(17-13(18)4-2)16(20)22-14(10)11/h5-7,12,15,19-20H,3-4,8-9H2,1-2H3,(H,17,18)/t12-,15?/m0/s1. The van der Waals surface area contributed by atoms with Crippen molar-refractivity contribution in [2.24, 2.45) is 0 Å². The zero-order valence-electron chi connectivity index (χ0n) is 12.9. The number of aliphatic hydroxyl groups excluding tert-OH is 1. The zero-order chi connectivity index (χ0) is 16.1. The molecule has 1 aliphatic heterocycles. The number of rotatable bonds is 6. The Morgan fingerprint density at radius 3 is 3.00 bits per heavy atom. The third-order valence-corrected chi connectivity index (χ3v) is 3.56. The Morgan fingerprint density at radius 2 is 2.32 bits per heavy atom. The van der Waals surface area contributed by atoms with Crippen LogP contribution in [0.1, 0.15) is 44.1 Å². The molecular formula is C15H22BNO5. The van der Waals surface area contributed by atoms with Crippen molar-refractivity contribution < 1.29 is 24.3 Å². The first-order valence-corrected chi connectivity index (χ1v) is 7.62. The number of hydrogen-bond acceptors (Lipinski definition) is 5. The topological polar surface area (TPSA) is 88.0 Å². The van der Waals surface area contributed by atoms with Crippen molar-refractivity contribution in [2.75, 3.05) is 6.61 Å². The first kappa shape index (κ1) is 16.8. The van der Waals surface area contributed by atoms with Gasteiger partial charge in [0.05, 0.1) is 5.94 Å². The summed E-state index contributed by atoms with van der Waals surface area (Å²) in [5.74, 6) is -0.205. The molecular weight excluding hydrogens is 285 g/mol. The summed E-state index contributed by atoms with van der Waals surface area (Å²) in [7, 11) is -1.15. The lowest BCUT2D eigenvalue weighted by Crippen LogP contribution is -2.53. The van der Waals surface area contributed by atoms with Crippen molar-refractivity contribution in [3.8, 4) is 5.75 Å². The molecule has 1 aliphatic rings. The lowest BCUT2D eigenvalue weighted by atomic mass is 9.72. The molecule has 2 rings (SSSR count). The predicted molar refractivity (Wildman–Crippen MR) is 82.2 cm³/mol. The molecule has 0 aliphatic carbocycles. The average molecular weight is 307 g/mol. The van der Waals surface area contributed by atoms with Crippen molar-refractivity contribution in [3.63, 3.8) is 0 Å². The van der Waals surface area contributed by atoms with Crippen molar-refractivity contribution in [1.82, 2.24) is 5.32 Å². The smallest absolute Gasteiger partial charge is 0.534 e. The molecule has 1 amide bonds. The summed E-state index contributed by atoms with van der Waals surface area (Å²) >= 11 is 0. The second-order valence-electron chi connectivity index (χ2n) is 5.30. The SMILES string of the molecule is CCCOC(O)c1cccc2c1OB(O)[C@@H](NC(=O)CC)C2. The van der Waals surface area contributed by atoms with Gasteiger partial charge in [0.15, 0.2) is 6.29 Å². The number of carbonyl (C=O) groups is 1. The van der Waals surface area contributed by atoms with Crippen molar-refractivity contribution in [1.29, 1.82) is 0 Å². The minimum absolute atomic E-state index is 0.140. The summed E-state index contributed by atoms with van der Waals surface area (Å²) < 4.78 is 10.8. The highest BCUT2D eigenvalue weighted by molar-refractivity contribution is 6.46. The molecule has 1 unspecified atom stereocenters. The zero-order valence-corrected chi connectivity index (χ0v) is 12.9. The molecule has 7 heteroatoms. The summed E-state index contributed by atoms with van der Waals surface area (Å²) in [6.45, 7) is 4.13. The van der Waals surface area contributed by atoms with Crippen LogP contribution in [0.4, 0.5) is 0 Å². The van der Waals surface area contributed by atoms with Gasteiger partial charge >= 0.3 is 7.12 Å². The van der Waals surface area contributed by atoms with E-state index in [-0.39, 0.29) is 5.91 Å². The molecule has 0 bridgehead atoms. The summed E-state index contributed by atoms with van der Waals surface area (Å²) in [6, 6.07) is 5.35. The van der Waals surface area contributed by atoms with Gasteiger partial charge in [-0.2, -0.15) is 0 Å². The highest BCUT2D eigenvalue weighted by Crippen LogP contribution is 2.34. The van der Waals surface area contributed by atoms with Gasteiger partial charge in [0.2, 0.25) is 5.91 Å². The number of amides is 1. The lowest BCUT2D eigenvalue weighted by Gasteiger charge is -2.30. The summed E-state index contributed by atoms with van der Waals surface area (Å²) in [5, 5.41) is 22.9. The molecule has 0 saturated carbocycles. The second kappa shape index (κ2) is 7.62. The van der Waals surface area contributed by atoms with Crippen LogP contribution in [-0.4, -0.2) is 35.7 Å². The summed E-state index contributed by atoms with van der Waals surface area (Å²) in [4.78, 5) is 11.5. The van der Waals surface area contributed by atoms with Crippen LogP contribution in [0, 0.1) is 0 Å². The van der Waals surface area contributed by atoms with Gasteiger partial charge in [-0.25, -0.2) is 0 Å². The van der Waals surface area contributed by atoms with Gasteiger partial charge in [-0.15, -0.1) is 0 Å². The molecule has 1 aromatic carbocycles. The van der Waals surface area contributed by atoms with E-state index in [1.54, 1.807) is 19.1 Å². The third kappa shape index (κ3) is 3.79. The van der Waals surface area contributed by atoms with E-state index in [0.29, 0.717) is 30.8 Å². The number of ether oxygens (including phenoxy) is 1. The molecule has 1 aromatic rings. The monoisotopic (exact) mass is 307 g/mol. The number of nitrogens with one attached hydrogen (secondary N) is 1. The molecule has 1 heterocycles. The molecule has 6 nitrogen and oxygen atoms in total. The number of aliphatic hydroxyl groups is 1. The molecule has 0 saturated heterocycles. The van der Waals surface area contributed by atoms with Gasteiger partial charge in [-0.3, -0.25) is 4.79 Å². The Labute approximate surface area is 130 Å². The van der Waals surface area contributed by atoms with E-state index in [1.807, 2.05) is 13.0 Å². The first-order chi connectivity index (χ1) is 10.6. The number of hydrogen-bond donors (Lipinski definition) is 3. The summed E-state index contributed by atoms with van der Waals surface area (Å²) in [6.07, 6.45) is 0.487. The average Bonchev–Trinajstić information content (AvgIpc) is 2.52. The van der Waals surface area contributed by atoms with Crippen LogP contribution in [0.5, 0.6) is 5.75 Å². The van der Waals surface area contributed by atoms with E-state index >= 15 is 0 Å². The lowest BCUT2D eigenvalue weighted by molar-refractivity contribution is -0.121. The van der Waals surface area contributed by atoms with E-state index in [4.69, 9.17) is 9.39 Å². The van der Waals surface area contributed by atoms with Crippen molar-refractivity contribution in [3.05, 3.63) is 29.3 Å². The quantitative estimate of drug-likeness (QED) is 0.538. The Balaban J connectivity index is 2.18. The first-order valence-electron chi connectivity index (χ1n) is 7.62. The largest absolute Gasteiger partial charge is 0.547 e. The molecule has 0 aromatic heterocycles. The van der Waals surface area contributed by atoms with Crippen LogP contribution in [0.15, 0.2) is 18.2 Å². The van der Waals surface area contributed by atoms with E-state index < -0.39 is 19.3 Å². The normalized spacial score (nSPS) is 18.4. The second-order valence-corrected chi connectivity index (χ2v) is 5.30. The molecule has 3 N–H and O–H groups in total. The van der Waals surface area contributed by atoms with Gasteiger partial charge in [0.1, 0.15) is 5.75 Å². The van der Waals surface area contributed by atoms with Crippen LogP contribution in [0.25, 0.3) is 0 Å². The van der Waals surface area contributed by atoms with E-state index in [1.165, 1.54) is 0 Å². The fourth-order valence-electron chi connectivity index (χ4n) is 2.39. The fraction of sp³-hybridized carbons (Fsp3) is 0.533. The maximum atomic E-state index is 11.5. The fourth-order valence-corrected chi connectivity index (χ4v) is 2.39. The number of benzene rings is 1. The Hall–Kier alpha value is -1.57. The molecule has 22 heavy (non-hydrogen) atoms. The molecule has 0 spiro atoms. The Bertz CT molecular complexity index is 525. The minimum atomic E-state index is -1.15. The Kier molecular flexibility index (Phi) is 5.82. The van der Waals surface area contributed by atoms with Crippen LogP contribution in [0.2, 0.25) is 0 Å². The van der Waals surface area contributed by atoms with Gasteiger partial charge in [0, 0.05) is 18.6 Å². The number of para-hydroxylation sites is 1. The number of fused-ring (bicyclic) bond motifs is 1. The van der Waals surface area contributed by atoms with Gasteiger partial charge in [0.25, 0.3) is 0 Å². The van der Waals surface area contributed by atoms with Crippen LogP contribution < -0.4 is 9.97 Å². The van der Waals surface area contributed by atoms with Crippen LogP contribution in [-0.2, 0) is 16.0 Å². The highest BCUT2D eigenvalue weighted by atomic mass is 16.6. The van der Waals surface area contributed by atoms with Gasteiger partial charge < -0.3 is 24.8 Å². The maximum absolute atomic E-state index is 11.5. The van der Waals surface area contributed by atoms with Crippen LogP contribution >= 0.6 is 0 Å². The number of carbonyl (C=O) groups excluding carboxylic acids is 1. The highest BCUT2D eigenvalue weighted by Gasteiger charge is 2.37. The molecule has 2 atom stereocenters. The van der Waals surface area contributed by atoms with Crippen molar-refractivity contribution in [2.45, 2.75) is 45.3 Å². The van der Waals surface area contributed by atoms with E-state index in [9.17, 15) is 14.9 Å². The predicted octanol–water partition coefficient (Wildman–Crippen LogP) is 0.953. The van der Waals surface area contributed by atoms with Crippen molar-refractivity contribution >= 4 is 13.0 Å². The summed E-state index contributed by atoms with van der Waals surface area (Å²) in [5.41, 5.74) is 1.31. The van der Waals surface area contributed by atoms with E-state index in [2.05, 4.69) is 5.32 Å².